The summed E-state index contributed by atoms with van der Waals surface area (Å²) in [6.45, 7) is 4.75. The lowest BCUT2D eigenvalue weighted by atomic mass is 9.92. The number of aromatic nitrogens is 2. The summed E-state index contributed by atoms with van der Waals surface area (Å²) in [5.41, 5.74) is 5.04. The maximum atomic E-state index is 12.9. The van der Waals surface area contributed by atoms with Gasteiger partial charge in [-0.1, -0.05) is 12.5 Å². The highest BCUT2D eigenvalue weighted by molar-refractivity contribution is 6.14. The Morgan fingerprint density at radius 2 is 1.66 bits per heavy atom. The number of rotatable bonds is 3. The fourth-order valence-corrected chi connectivity index (χ4v) is 6.73. The maximum absolute atomic E-state index is 12.9. The zero-order valence-electron chi connectivity index (χ0n) is 20.5. The smallest absolute Gasteiger partial charge is 0.237 e. The van der Waals surface area contributed by atoms with E-state index in [1.165, 1.54) is 50.8 Å². The molecule has 1 spiro atoms. The van der Waals surface area contributed by atoms with Crippen molar-refractivity contribution in [3.8, 4) is 11.1 Å². The lowest BCUT2D eigenvalue weighted by molar-refractivity contribution is -0.119. The van der Waals surface area contributed by atoms with E-state index in [1.807, 2.05) is 19.4 Å². The molecule has 3 aromatic rings. The minimum atomic E-state index is -0.313. The summed E-state index contributed by atoms with van der Waals surface area (Å²) in [6, 6.07) is 11.6. The third-order valence-electron chi connectivity index (χ3n) is 8.93. The van der Waals surface area contributed by atoms with Crippen molar-refractivity contribution < 1.29 is 4.79 Å². The monoisotopic (exact) mass is 467 g/mol. The molecule has 7 rings (SSSR count). The second-order valence-corrected chi connectivity index (χ2v) is 10.9. The van der Waals surface area contributed by atoms with E-state index >= 15 is 0 Å². The first-order valence-corrected chi connectivity index (χ1v) is 13.3. The molecular formula is C29H33N5O. The minimum Gasteiger partial charge on any atom is -0.357 e. The summed E-state index contributed by atoms with van der Waals surface area (Å²) < 4.78 is 0. The molecule has 1 aromatic carbocycles. The van der Waals surface area contributed by atoms with E-state index in [0.717, 1.165) is 65.5 Å². The number of hydrogen-bond donors (Lipinski definition) is 0. The molecule has 3 aliphatic heterocycles. The number of likely N-dealkylation sites (tertiary alicyclic amines) is 1. The maximum Gasteiger partial charge on any atom is 0.237 e. The van der Waals surface area contributed by atoms with Crippen LogP contribution in [-0.4, -0.2) is 60.0 Å². The third-order valence-corrected chi connectivity index (χ3v) is 8.93. The zero-order valence-corrected chi connectivity index (χ0v) is 20.5. The zero-order chi connectivity index (χ0) is 23.6. The third kappa shape index (κ3) is 3.37. The van der Waals surface area contributed by atoms with Crippen LogP contribution < -0.4 is 9.80 Å². The second kappa shape index (κ2) is 8.02. The molecule has 2 saturated heterocycles. The minimum absolute atomic E-state index is 0.224. The largest absolute Gasteiger partial charge is 0.357 e. The highest BCUT2D eigenvalue weighted by atomic mass is 16.2. The molecule has 35 heavy (non-hydrogen) atoms. The van der Waals surface area contributed by atoms with Crippen LogP contribution in [0.1, 0.15) is 50.5 Å². The number of carbonyl (C=O) groups is 1. The summed E-state index contributed by atoms with van der Waals surface area (Å²) in [5.74, 6) is 1.31. The van der Waals surface area contributed by atoms with Gasteiger partial charge in [0.1, 0.15) is 5.82 Å². The van der Waals surface area contributed by atoms with Crippen molar-refractivity contribution >= 4 is 28.3 Å². The first-order chi connectivity index (χ1) is 17.1. The average Bonchev–Trinajstić information content (AvgIpc) is 3.70. The number of nitrogens with zero attached hydrogens (tertiary/aromatic N) is 5. The molecule has 3 fully saturated rings. The van der Waals surface area contributed by atoms with Crippen molar-refractivity contribution in [3.63, 3.8) is 0 Å². The van der Waals surface area contributed by atoms with Gasteiger partial charge in [-0.05, 0) is 81.4 Å². The first-order valence-electron chi connectivity index (χ1n) is 13.3. The van der Waals surface area contributed by atoms with Crippen molar-refractivity contribution in [2.24, 2.45) is 0 Å². The molecule has 2 aromatic heterocycles. The van der Waals surface area contributed by atoms with E-state index in [-0.39, 0.29) is 11.3 Å². The Bertz CT molecular complexity index is 1280. The van der Waals surface area contributed by atoms with Crippen molar-refractivity contribution in [2.75, 3.05) is 43.0 Å². The topological polar surface area (TPSA) is 52.6 Å². The van der Waals surface area contributed by atoms with E-state index in [2.05, 4.69) is 45.1 Å². The van der Waals surface area contributed by atoms with E-state index in [9.17, 15) is 4.79 Å². The van der Waals surface area contributed by atoms with Gasteiger partial charge in [-0.25, -0.2) is 4.98 Å². The summed E-state index contributed by atoms with van der Waals surface area (Å²) in [4.78, 5) is 29.4. The summed E-state index contributed by atoms with van der Waals surface area (Å²) in [6.07, 6.45) is 12.4. The Kier molecular flexibility index (Phi) is 4.88. The van der Waals surface area contributed by atoms with Crippen molar-refractivity contribution in [3.05, 3.63) is 48.3 Å². The normalized spacial score (nSPS) is 22.3. The Labute approximate surface area is 207 Å². The number of anilines is 2. The molecule has 0 unspecified atom stereocenters. The lowest BCUT2D eigenvalue weighted by Crippen LogP contribution is -2.46. The molecule has 1 aliphatic carbocycles. The fraction of sp³-hybridized carbons (Fsp3) is 0.483. The Morgan fingerprint density at radius 3 is 2.37 bits per heavy atom. The second-order valence-electron chi connectivity index (χ2n) is 10.9. The van der Waals surface area contributed by atoms with E-state index in [4.69, 9.17) is 4.98 Å². The number of amides is 1. The Morgan fingerprint density at radius 1 is 0.886 bits per heavy atom. The quantitative estimate of drug-likeness (QED) is 0.556. The molecule has 5 heterocycles. The van der Waals surface area contributed by atoms with Gasteiger partial charge in [0.15, 0.2) is 0 Å². The lowest BCUT2D eigenvalue weighted by Gasteiger charge is -2.40. The number of pyridine rings is 2. The molecule has 0 N–H and O–H groups in total. The molecule has 180 valence electrons. The number of carbonyl (C=O) groups excluding carboxylic acids is 1. The number of benzene rings is 1. The van der Waals surface area contributed by atoms with Crippen LogP contribution in [-0.2, 0) is 10.2 Å². The summed E-state index contributed by atoms with van der Waals surface area (Å²) >= 11 is 0. The van der Waals surface area contributed by atoms with E-state index in [0.29, 0.717) is 0 Å². The van der Waals surface area contributed by atoms with Gasteiger partial charge in [0.05, 0.1) is 22.8 Å². The SMILES string of the molecule is CN1C(=O)C2(CC2)c2c1cnc1ccc(-c3ccc(N4CCC(N5CCCCC5)CC4)nc3)cc21. The number of likely N-dealkylation sites (N-methyl/N-ethyl adjacent to an activating group) is 1. The average molecular weight is 468 g/mol. The molecule has 1 saturated carbocycles. The molecule has 0 atom stereocenters. The van der Waals surface area contributed by atoms with Crippen molar-refractivity contribution in [1.29, 1.82) is 0 Å². The predicted octanol–water partition coefficient (Wildman–Crippen LogP) is 4.76. The van der Waals surface area contributed by atoms with Gasteiger partial charge in [0.25, 0.3) is 0 Å². The van der Waals surface area contributed by atoms with Crippen LogP contribution in [0.4, 0.5) is 11.5 Å². The van der Waals surface area contributed by atoms with Gasteiger partial charge in [0, 0.05) is 48.9 Å². The van der Waals surface area contributed by atoms with Gasteiger partial charge < -0.3 is 14.7 Å². The molecule has 1 amide bonds. The summed E-state index contributed by atoms with van der Waals surface area (Å²) in [5, 5.41) is 1.11. The van der Waals surface area contributed by atoms with Gasteiger partial charge >= 0.3 is 0 Å². The highest BCUT2D eigenvalue weighted by Gasteiger charge is 2.59. The van der Waals surface area contributed by atoms with Gasteiger partial charge in [-0.2, -0.15) is 0 Å². The van der Waals surface area contributed by atoms with Gasteiger partial charge in [-0.15, -0.1) is 0 Å². The molecule has 6 nitrogen and oxygen atoms in total. The van der Waals surface area contributed by atoms with Gasteiger partial charge in [0.2, 0.25) is 5.91 Å². The first kappa shape index (κ1) is 21.3. The van der Waals surface area contributed by atoms with Crippen LogP contribution in [0, 0.1) is 0 Å². The summed E-state index contributed by atoms with van der Waals surface area (Å²) in [7, 11) is 1.88. The van der Waals surface area contributed by atoms with Crippen LogP contribution in [0.2, 0.25) is 0 Å². The standard InChI is InChI=1S/C29H33N5O/c1-32-25-19-30-24-7-5-20(17-23(24)27(25)29(11-12-29)28(32)35)21-6-8-26(31-18-21)34-15-9-22(10-16-34)33-13-3-2-4-14-33/h5-8,17-19,22H,2-4,9-16H2,1H3. The van der Waals surface area contributed by atoms with Crippen molar-refractivity contribution in [1.82, 2.24) is 14.9 Å². The Hall–Kier alpha value is -2.99. The van der Waals surface area contributed by atoms with Crippen molar-refractivity contribution in [2.45, 2.75) is 56.4 Å². The van der Waals surface area contributed by atoms with Crippen LogP contribution in [0.25, 0.3) is 22.0 Å². The van der Waals surface area contributed by atoms with Crippen LogP contribution in [0.15, 0.2) is 42.7 Å². The number of hydrogen-bond acceptors (Lipinski definition) is 5. The highest BCUT2D eigenvalue weighted by Crippen LogP contribution is 2.58. The van der Waals surface area contributed by atoms with E-state index in [1.54, 1.807) is 4.90 Å². The molecule has 0 bridgehead atoms. The van der Waals surface area contributed by atoms with Crippen LogP contribution >= 0.6 is 0 Å². The fourth-order valence-electron chi connectivity index (χ4n) is 6.73. The van der Waals surface area contributed by atoms with Gasteiger partial charge in [-0.3, -0.25) is 9.78 Å². The predicted molar refractivity (Wildman–Crippen MR) is 140 cm³/mol. The molecule has 4 aliphatic rings. The molecular weight excluding hydrogens is 434 g/mol. The molecule has 0 radical (unpaired) electrons. The van der Waals surface area contributed by atoms with E-state index < -0.39 is 0 Å². The van der Waals surface area contributed by atoms with Crippen LogP contribution in [0.3, 0.4) is 0 Å². The van der Waals surface area contributed by atoms with Crippen LogP contribution in [0.5, 0.6) is 0 Å². The Balaban J connectivity index is 1.13. The number of piperidine rings is 2. The molecule has 6 heteroatoms. The number of fused-ring (bicyclic) bond motifs is 4.